The van der Waals surface area contributed by atoms with Gasteiger partial charge in [0.1, 0.15) is 5.02 Å². The molecule has 1 aromatic carbocycles. The maximum atomic E-state index is 12.0. The Bertz CT molecular complexity index is 765. The summed E-state index contributed by atoms with van der Waals surface area (Å²) in [6.45, 7) is 1.89. The molecule has 0 bridgehead atoms. The van der Waals surface area contributed by atoms with Crippen LogP contribution in [0.5, 0.6) is 0 Å². The molecule has 1 heterocycles. The molecule has 3 rings (SSSR count). The first-order chi connectivity index (χ1) is 9.99. The normalized spacial score (nSPS) is 14.1. The second-order valence-electron chi connectivity index (χ2n) is 5.15. The molecular weight excluding hydrogens is 292 g/mol. The number of hydrogen-bond acceptors (Lipinski definition) is 3. The summed E-state index contributed by atoms with van der Waals surface area (Å²) in [6.07, 6.45) is 2.17. The van der Waals surface area contributed by atoms with Gasteiger partial charge in [-0.15, -0.1) is 0 Å². The highest BCUT2D eigenvalue weighted by atomic mass is 35.5. The number of carbonyl (C=O) groups excluding carboxylic acids is 1. The fraction of sp³-hybridized carbons (Fsp3) is 0.267. The molecule has 0 fully saturated rings. The summed E-state index contributed by atoms with van der Waals surface area (Å²) in [5, 5.41) is 11.1. The Labute approximate surface area is 126 Å². The Morgan fingerprint density at radius 2 is 2.05 bits per heavy atom. The lowest BCUT2D eigenvalue weighted by Gasteiger charge is -2.16. The van der Waals surface area contributed by atoms with Crippen molar-refractivity contribution >= 4 is 23.1 Å². The maximum absolute atomic E-state index is 12.0. The zero-order valence-electron chi connectivity index (χ0n) is 11.4. The maximum Gasteiger partial charge on any atom is 0.289 e. The summed E-state index contributed by atoms with van der Waals surface area (Å²) in [5.74, 6) is 0.140. The van der Waals surface area contributed by atoms with Crippen molar-refractivity contribution in [2.75, 3.05) is 0 Å². The van der Waals surface area contributed by atoms with E-state index in [1.807, 2.05) is 17.6 Å². The molecule has 0 amide bonds. The number of Topliss-reactive ketones (excluding diaryl/α,β-unsaturated/α-hetero) is 1. The van der Waals surface area contributed by atoms with Crippen molar-refractivity contribution in [1.29, 1.82) is 0 Å². The Kier molecular flexibility index (Phi) is 3.29. The van der Waals surface area contributed by atoms with Gasteiger partial charge in [0.15, 0.2) is 5.78 Å². The highest BCUT2D eigenvalue weighted by molar-refractivity contribution is 6.32. The summed E-state index contributed by atoms with van der Waals surface area (Å²) in [4.78, 5) is 22.5. The minimum atomic E-state index is -0.498. The number of hydrogen-bond donors (Lipinski definition) is 0. The fourth-order valence-electron chi connectivity index (χ4n) is 2.87. The van der Waals surface area contributed by atoms with Crippen molar-refractivity contribution in [2.24, 2.45) is 0 Å². The van der Waals surface area contributed by atoms with Crippen LogP contribution in [0.3, 0.4) is 0 Å². The Morgan fingerprint density at radius 3 is 2.76 bits per heavy atom. The molecule has 1 aliphatic carbocycles. The predicted molar refractivity (Wildman–Crippen MR) is 79.4 cm³/mol. The molecule has 0 atom stereocenters. The van der Waals surface area contributed by atoms with Crippen molar-refractivity contribution in [2.45, 2.75) is 26.2 Å². The van der Waals surface area contributed by atoms with Gasteiger partial charge in [-0.1, -0.05) is 11.6 Å². The van der Waals surface area contributed by atoms with Gasteiger partial charge < -0.3 is 4.57 Å². The lowest BCUT2D eigenvalue weighted by atomic mass is 9.96. The summed E-state index contributed by atoms with van der Waals surface area (Å²) in [7, 11) is 0. The quantitative estimate of drug-likeness (QED) is 0.625. The number of aromatic nitrogens is 1. The van der Waals surface area contributed by atoms with E-state index in [1.54, 1.807) is 6.07 Å². The van der Waals surface area contributed by atoms with Crippen LogP contribution in [-0.2, 0) is 6.42 Å². The molecule has 2 aromatic rings. The van der Waals surface area contributed by atoms with E-state index in [-0.39, 0.29) is 16.5 Å². The van der Waals surface area contributed by atoms with Gasteiger partial charge in [-0.25, -0.2) is 0 Å². The van der Waals surface area contributed by atoms with Crippen LogP contribution >= 0.6 is 11.6 Å². The van der Waals surface area contributed by atoms with Crippen LogP contribution in [0.15, 0.2) is 24.3 Å². The number of benzene rings is 1. The molecule has 0 saturated carbocycles. The molecule has 0 saturated heterocycles. The highest BCUT2D eigenvalue weighted by Gasteiger charge is 2.24. The summed E-state index contributed by atoms with van der Waals surface area (Å²) >= 11 is 5.85. The summed E-state index contributed by atoms with van der Waals surface area (Å²) in [5.41, 5.74) is 3.10. The molecule has 0 N–H and O–H groups in total. The van der Waals surface area contributed by atoms with E-state index in [9.17, 15) is 14.9 Å². The Balaban J connectivity index is 2.20. The monoisotopic (exact) mass is 304 g/mol. The smallest absolute Gasteiger partial charge is 0.289 e. The van der Waals surface area contributed by atoms with Crippen LogP contribution in [0.1, 0.15) is 34.6 Å². The number of rotatable bonds is 2. The first kappa shape index (κ1) is 13.8. The number of nitrogens with zero attached hydrogens (tertiary/aromatic N) is 2. The van der Waals surface area contributed by atoms with Crippen molar-refractivity contribution in [3.05, 3.63) is 56.4 Å². The molecule has 108 valence electrons. The molecule has 0 unspecified atom stereocenters. The van der Waals surface area contributed by atoms with Gasteiger partial charge in [0.2, 0.25) is 0 Å². The summed E-state index contributed by atoms with van der Waals surface area (Å²) < 4.78 is 1.91. The van der Waals surface area contributed by atoms with Crippen molar-refractivity contribution < 1.29 is 9.72 Å². The molecule has 0 radical (unpaired) electrons. The molecule has 6 heteroatoms. The van der Waals surface area contributed by atoms with Crippen molar-refractivity contribution in [1.82, 2.24) is 4.57 Å². The van der Waals surface area contributed by atoms with Crippen LogP contribution in [0.2, 0.25) is 5.02 Å². The molecule has 0 spiro atoms. The standard InChI is InChI=1S/C15H13ClN2O3/c1-9-7-11-13(3-2-4-15(11)19)17(9)10-5-6-12(16)14(8-10)18(20)21/h5-8H,2-4H2,1H3. The van der Waals surface area contributed by atoms with E-state index < -0.39 is 4.92 Å². The van der Waals surface area contributed by atoms with Crippen LogP contribution in [0, 0.1) is 17.0 Å². The average molecular weight is 305 g/mol. The van der Waals surface area contributed by atoms with Crippen LogP contribution in [0.25, 0.3) is 5.69 Å². The number of nitro groups is 1. The molecule has 1 aromatic heterocycles. The molecule has 0 aliphatic heterocycles. The second-order valence-corrected chi connectivity index (χ2v) is 5.56. The third-order valence-electron chi connectivity index (χ3n) is 3.79. The van der Waals surface area contributed by atoms with Crippen LogP contribution < -0.4 is 0 Å². The zero-order valence-corrected chi connectivity index (χ0v) is 12.2. The second kappa shape index (κ2) is 5.00. The highest BCUT2D eigenvalue weighted by Crippen LogP contribution is 2.32. The number of halogens is 1. The van der Waals surface area contributed by atoms with Crippen molar-refractivity contribution in [3.63, 3.8) is 0 Å². The molecular formula is C15H13ClN2O3. The van der Waals surface area contributed by atoms with Gasteiger partial charge in [0.25, 0.3) is 5.69 Å². The van der Waals surface area contributed by atoms with E-state index in [2.05, 4.69) is 0 Å². The minimum Gasteiger partial charge on any atom is -0.317 e. The third-order valence-corrected chi connectivity index (χ3v) is 4.11. The van der Waals surface area contributed by atoms with Crippen LogP contribution in [0.4, 0.5) is 5.69 Å². The van der Waals surface area contributed by atoms with E-state index in [0.29, 0.717) is 12.1 Å². The largest absolute Gasteiger partial charge is 0.317 e. The topological polar surface area (TPSA) is 65.1 Å². The first-order valence-corrected chi connectivity index (χ1v) is 7.05. The molecule has 21 heavy (non-hydrogen) atoms. The number of fused-ring (bicyclic) bond motifs is 1. The van der Waals surface area contributed by atoms with Gasteiger partial charge in [0, 0.05) is 29.4 Å². The van der Waals surface area contributed by atoms with Gasteiger partial charge in [-0.05, 0) is 38.0 Å². The van der Waals surface area contributed by atoms with E-state index >= 15 is 0 Å². The molecule has 5 nitrogen and oxygen atoms in total. The van der Waals surface area contributed by atoms with Gasteiger partial charge in [-0.2, -0.15) is 0 Å². The SMILES string of the molecule is Cc1cc2c(n1-c1ccc(Cl)c([N+](=O)[O-])c1)CCCC2=O. The van der Waals surface area contributed by atoms with E-state index in [1.165, 1.54) is 12.1 Å². The van der Waals surface area contributed by atoms with Gasteiger partial charge in [0.05, 0.1) is 10.6 Å². The zero-order chi connectivity index (χ0) is 15.1. The number of nitro benzene ring substituents is 1. The van der Waals surface area contributed by atoms with E-state index in [0.717, 1.165) is 29.8 Å². The van der Waals surface area contributed by atoms with Gasteiger partial charge >= 0.3 is 0 Å². The first-order valence-electron chi connectivity index (χ1n) is 6.68. The Morgan fingerprint density at radius 1 is 1.29 bits per heavy atom. The number of ketones is 1. The lowest BCUT2D eigenvalue weighted by molar-refractivity contribution is -0.384. The average Bonchev–Trinajstić information content (AvgIpc) is 2.77. The minimum absolute atomic E-state index is 0.110. The Hall–Kier alpha value is -2.14. The fourth-order valence-corrected chi connectivity index (χ4v) is 3.06. The number of carbonyl (C=O) groups is 1. The number of aryl methyl sites for hydroxylation is 1. The van der Waals surface area contributed by atoms with Crippen LogP contribution in [-0.4, -0.2) is 15.3 Å². The third kappa shape index (κ3) is 2.23. The lowest BCUT2D eigenvalue weighted by Crippen LogP contribution is -2.12. The van der Waals surface area contributed by atoms with Crippen molar-refractivity contribution in [3.8, 4) is 5.69 Å². The molecule has 1 aliphatic rings. The van der Waals surface area contributed by atoms with E-state index in [4.69, 9.17) is 11.6 Å². The van der Waals surface area contributed by atoms with Gasteiger partial charge in [-0.3, -0.25) is 14.9 Å². The predicted octanol–water partition coefficient (Wildman–Crippen LogP) is 3.87. The summed E-state index contributed by atoms with van der Waals surface area (Å²) in [6, 6.07) is 6.57.